The number of nitrogens with zero attached hydrogens (tertiary/aromatic N) is 1. The van der Waals surface area contributed by atoms with Crippen LogP contribution in [0.1, 0.15) is 19.8 Å². The van der Waals surface area contributed by atoms with Crippen molar-refractivity contribution in [2.24, 2.45) is 0 Å². The topological polar surface area (TPSA) is 50.8 Å². The summed E-state index contributed by atoms with van der Waals surface area (Å²) in [6, 6.07) is 0. The molecule has 0 bridgehead atoms. The summed E-state index contributed by atoms with van der Waals surface area (Å²) in [6.07, 6.45) is 2.84. The van der Waals surface area contributed by atoms with Crippen molar-refractivity contribution in [1.29, 1.82) is 0 Å². The van der Waals surface area contributed by atoms with E-state index in [0.717, 1.165) is 39.0 Å². The highest BCUT2D eigenvalue weighted by atomic mass is 16.5. The van der Waals surface area contributed by atoms with Crippen molar-refractivity contribution < 1.29 is 14.3 Å². The van der Waals surface area contributed by atoms with E-state index in [-0.39, 0.29) is 5.97 Å². The number of carbonyl (C=O) groups excluding carboxylic acids is 1. The van der Waals surface area contributed by atoms with Gasteiger partial charge in [0.05, 0.1) is 25.4 Å². The van der Waals surface area contributed by atoms with Crippen molar-refractivity contribution in [2.45, 2.75) is 32.0 Å². The van der Waals surface area contributed by atoms with Crippen molar-refractivity contribution in [3.8, 4) is 0 Å². The lowest BCUT2D eigenvalue weighted by Gasteiger charge is -2.36. The first-order valence-electron chi connectivity index (χ1n) is 6.52. The fourth-order valence-corrected chi connectivity index (χ4v) is 2.22. The maximum Gasteiger partial charge on any atom is 0.320 e. The Morgan fingerprint density at radius 3 is 2.53 bits per heavy atom. The van der Waals surface area contributed by atoms with Crippen LogP contribution < -0.4 is 5.32 Å². The largest absolute Gasteiger partial charge is 0.465 e. The second-order valence-corrected chi connectivity index (χ2v) is 4.70. The fourth-order valence-electron chi connectivity index (χ4n) is 2.22. The first-order chi connectivity index (χ1) is 8.28. The molecule has 2 fully saturated rings. The molecule has 2 saturated heterocycles. The van der Waals surface area contributed by atoms with E-state index in [2.05, 4.69) is 10.2 Å². The Morgan fingerprint density at radius 2 is 2.00 bits per heavy atom. The van der Waals surface area contributed by atoms with Gasteiger partial charge in [-0.05, 0) is 19.8 Å². The minimum atomic E-state index is -0.116. The second-order valence-electron chi connectivity index (χ2n) is 4.70. The number of carbonyl (C=O) groups is 1. The van der Waals surface area contributed by atoms with Gasteiger partial charge in [0.25, 0.3) is 0 Å². The molecule has 2 aliphatic heterocycles. The molecule has 0 amide bonds. The molecule has 0 atom stereocenters. The van der Waals surface area contributed by atoms with Crippen molar-refractivity contribution in [2.75, 3.05) is 39.3 Å². The minimum Gasteiger partial charge on any atom is -0.465 e. The van der Waals surface area contributed by atoms with Crippen LogP contribution >= 0.6 is 0 Å². The third-order valence-corrected chi connectivity index (χ3v) is 3.32. The Balaban J connectivity index is 1.61. The molecule has 0 aromatic carbocycles. The molecule has 5 heteroatoms. The highest BCUT2D eigenvalue weighted by molar-refractivity contribution is 5.71. The van der Waals surface area contributed by atoms with Gasteiger partial charge in [0.1, 0.15) is 0 Å². The van der Waals surface area contributed by atoms with Gasteiger partial charge in [-0.1, -0.05) is 0 Å². The number of hydrogen-bond acceptors (Lipinski definition) is 5. The van der Waals surface area contributed by atoms with Gasteiger partial charge >= 0.3 is 5.97 Å². The average Bonchev–Trinajstić information content (AvgIpc) is 2.26. The molecule has 0 radical (unpaired) electrons. The van der Waals surface area contributed by atoms with Crippen molar-refractivity contribution in [1.82, 2.24) is 10.2 Å². The Bertz CT molecular complexity index is 248. The molecule has 1 N–H and O–H groups in total. The zero-order valence-corrected chi connectivity index (χ0v) is 10.5. The van der Waals surface area contributed by atoms with Crippen molar-refractivity contribution in [3.63, 3.8) is 0 Å². The number of piperidine rings is 1. The van der Waals surface area contributed by atoms with Crippen LogP contribution in [0, 0.1) is 0 Å². The number of hydrogen-bond donors (Lipinski definition) is 1. The summed E-state index contributed by atoms with van der Waals surface area (Å²) in [4.78, 5) is 13.5. The van der Waals surface area contributed by atoms with Crippen LogP contribution in [-0.4, -0.2) is 62.4 Å². The van der Waals surface area contributed by atoms with Gasteiger partial charge < -0.3 is 14.8 Å². The number of likely N-dealkylation sites (tertiary alicyclic amines) is 1. The number of ether oxygens (including phenoxy) is 2. The SMILES string of the molecule is CCOC(=O)CN1CCC(OC2CNC2)CC1. The Hall–Kier alpha value is -0.650. The van der Waals surface area contributed by atoms with Crippen LogP contribution in [-0.2, 0) is 14.3 Å². The predicted molar refractivity (Wildman–Crippen MR) is 63.8 cm³/mol. The lowest BCUT2D eigenvalue weighted by atomic mass is 10.1. The number of rotatable bonds is 5. The highest BCUT2D eigenvalue weighted by Gasteiger charge is 2.26. The maximum atomic E-state index is 11.3. The molecule has 0 unspecified atom stereocenters. The van der Waals surface area contributed by atoms with Crippen LogP contribution in [0.25, 0.3) is 0 Å². The zero-order valence-electron chi connectivity index (χ0n) is 10.5. The van der Waals surface area contributed by atoms with Crippen molar-refractivity contribution in [3.05, 3.63) is 0 Å². The van der Waals surface area contributed by atoms with E-state index in [4.69, 9.17) is 9.47 Å². The third-order valence-electron chi connectivity index (χ3n) is 3.32. The maximum absolute atomic E-state index is 11.3. The van der Waals surface area contributed by atoms with Crippen LogP contribution in [0.4, 0.5) is 0 Å². The van der Waals surface area contributed by atoms with Crippen LogP contribution in [0.2, 0.25) is 0 Å². The summed E-state index contributed by atoms with van der Waals surface area (Å²) in [5, 5.41) is 3.20. The highest BCUT2D eigenvalue weighted by Crippen LogP contribution is 2.16. The van der Waals surface area contributed by atoms with E-state index in [1.165, 1.54) is 0 Å². The van der Waals surface area contributed by atoms with E-state index >= 15 is 0 Å². The lowest BCUT2D eigenvalue weighted by molar-refractivity contribution is -0.145. The standard InChI is InChI=1S/C12H22N2O3/c1-2-16-12(15)9-14-5-3-10(4-6-14)17-11-7-13-8-11/h10-11,13H,2-9H2,1H3. The van der Waals surface area contributed by atoms with E-state index in [9.17, 15) is 4.79 Å². The number of esters is 1. The van der Waals surface area contributed by atoms with Gasteiger partial charge in [-0.3, -0.25) is 9.69 Å². The summed E-state index contributed by atoms with van der Waals surface area (Å²) in [6.45, 7) is 6.57. The zero-order chi connectivity index (χ0) is 12.1. The molecule has 98 valence electrons. The summed E-state index contributed by atoms with van der Waals surface area (Å²) in [5.74, 6) is -0.116. The molecule has 2 aliphatic rings. The minimum absolute atomic E-state index is 0.116. The third kappa shape index (κ3) is 3.94. The van der Waals surface area contributed by atoms with Gasteiger partial charge in [0, 0.05) is 26.2 Å². The molecule has 17 heavy (non-hydrogen) atoms. The van der Waals surface area contributed by atoms with Gasteiger partial charge in [0.2, 0.25) is 0 Å². The molecule has 0 spiro atoms. The monoisotopic (exact) mass is 242 g/mol. The van der Waals surface area contributed by atoms with Gasteiger partial charge in [-0.15, -0.1) is 0 Å². The second kappa shape index (κ2) is 6.33. The average molecular weight is 242 g/mol. The Kier molecular flexibility index (Phi) is 4.76. The Labute approximate surface area is 102 Å². The molecule has 0 aromatic rings. The van der Waals surface area contributed by atoms with Crippen molar-refractivity contribution >= 4 is 5.97 Å². The Morgan fingerprint density at radius 1 is 1.29 bits per heavy atom. The first kappa shape index (κ1) is 12.8. The molecule has 0 saturated carbocycles. The molecular weight excluding hydrogens is 220 g/mol. The predicted octanol–water partition coefficient (Wildman–Crippen LogP) is 0.00230. The summed E-state index contributed by atoms with van der Waals surface area (Å²) in [5.41, 5.74) is 0. The van der Waals surface area contributed by atoms with E-state index in [1.54, 1.807) is 0 Å². The smallest absolute Gasteiger partial charge is 0.320 e. The van der Waals surface area contributed by atoms with Gasteiger partial charge in [0.15, 0.2) is 0 Å². The first-order valence-corrected chi connectivity index (χ1v) is 6.52. The summed E-state index contributed by atoms with van der Waals surface area (Å²) < 4.78 is 10.9. The van der Waals surface area contributed by atoms with E-state index in [0.29, 0.717) is 25.4 Å². The fraction of sp³-hybridized carbons (Fsp3) is 0.917. The van der Waals surface area contributed by atoms with Crippen LogP contribution in [0.3, 0.4) is 0 Å². The summed E-state index contributed by atoms with van der Waals surface area (Å²) >= 11 is 0. The molecule has 2 rings (SSSR count). The van der Waals surface area contributed by atoms with E-state index < -0.39 is 0 Å². The van der Waals surface area contributed by atoms with Gasteiger partial charge in [-0.2, -0.15) is 0 Å². The molecule has 5 nitrogen and oxygen atoms in total. The molecule has 2 heterocycles. The van der Waals surface area contributed by atoms with Gasteiger partial charge in [-0.25, -0.2) is 0 Å². The molecular formula is C12H22N2O3. The molecule has 0 aliphatic carbocycles. The quantitative estimate of drug-likeness (QED) is 0.688. The normalized spacial score (nSPS) is 23.4. The number of nitrogens with one attached hydrogen (secondary N) is 1. The van der Waals surface area contributed by atoms with Crippen LogP contribution in [0.15, 0.2) is 0 Å². The summed E-state index contributed by atoms with van der Waals surface area (Å²) in [7, 11) is 0. The van der Waals surface area contributed by atoms with E-state index in [1.807, 2.05) is 6.92 Å². The lowest BCUT2D eigenvalue weighted by Crippen LogP contribution is -2.51. The molecule has 0 aromatic heterocycles. The van der Waals surface area contributed by atoms with Crippen LogP contribution in [0.5, 0.6) is 0 Å².